The largest absolute Gasteiger partial charge is 0.492 e. The Balaban J connectivity index is 1.20. The van der Waals surface area contributed by atoms with E-state index in [1.807, 2.05) is 6.07 Å². The first kappa shape index (κ1) is 18.7. The summed E-state index contributed by atoms with van der Waals surface area (Å²) in [6.07, 6.45) is 4.70. The van der Waals surface area contributed by atoms with Gasteiger partial charge in [-0.2, -0.15) is 0 Å². The SMILES string of the molecule is O=CC1Nc2ccc(C3CCC(NCCOc4ccc(F)cc4)CC3)cc2O1. The average Bonchev–Trinajstić information content (AvgIpc) is 3.15. The van der Waals surface area contributed by atoms with E-state index < -0.39 is 6.23 Å². The monoisotopic (exact) mass is 384 g/mol. The van der Waals surface area contributed by atoms with Gasteiger partial charge in [0.25, 0.3) is 0 Å². The van der Waals surface area contributed by atoms with Crippen LogP contribution in [-0.4, -0.2) is 31.7 Å². The van der Waals surface area contributed by atoms with Crippen LogP contribution in [0.5, 0.6) is 11.5 Å². The molecular formula is C22H25FN2O3. The smallest absolute Gasteiger partial charge is 0.226 e. The van der Waals surface area contributed by atoms with E-state index >= 15 is 0 Å². The maximum atomic E-state index is 12.9. The third kappa shape index (κ3) is 4.44. The number of nitrogens with one attached hydrogen (secondary N) is 2. The van der Waals surface area contributed by atoms with Crippen LogP contribution in [0, 0.1) is 5.82 Å². The van der Waals surface area contributed by atoms with Gasteiger partial charge in [-0.3, -0.25) is 4.79 Å². The predicted molar refractivity (Wildman–Crippen MR) is 105 cm³/mol. The van der Waals surface area contributed by atoms with E-state index in [9.17, 15) is 9.18 Å². The molecule has 0 aromatic heterocycles. The highest BCUT2D eigenvalue weighted by atomic mass is 19.1. The van der Waals surface area contributed by atoms with Gasteiger partial charge in [0.15, 0.2) is 6.29 Å². The van der Waals surface area contributed by atoms with Gasteiger partial charge in [0.2, 0.25) is 6.23 Å². The second-order valence-corrected chi connectivity index (χ2v) is 7.38. The van der Waals surface area contributed by atoms with Crippen LogP contribution < -0.4 is 20.1 Å². The Kier molecular flexibility index (Phi) is 5.76. The number of carbonyl (C=O) groups excluding carboxylic acids is 1. The molecule has 1 aliphatic carbocycles. The number of rotatable bonds is 7. The lowest BCUT2D eigenvalue weighted by Gasteiger charge is -2.29. The van der Waals surface area contributed by atoms with Gasteiger partial charge in [0.1, 0.15) is 23.9 Å². The summed E-state index contributed by atoms with van der Waals surface area (Å²) in [6.45, 7) is 1.34. The van der Waals surface area contributed by atoms with Crippen molar-refractivity contribution in [3.63, 3.8) is 0 Å². The van der Waals surface area contributed by atoms with Crippen molar-refractivity contribution in [1.82, 2.24) is 5.32 Å². The Morgan fingerprint density at radius 2 is 1.93 bits per heavy atom. The van der Waals surface area contributed by atoms with Crippen molar-refractivity contribution in [2.75, 3.05) is 18.5 Å². The maximum absolute atomic E-state index is 12.9. The lowest BCUT2D eigenvalue weighted by molar-refractivity contribution is -0.112. The molecule has 2 N–H and O–H groups in total. The first-order valence-electron chi connectivity index (χ1n) is 9.85. The van der Waals surface area contributed by atoms with E-state index in [1.165, 1.54) is 17.7 Å². The molecule has 1 saturated carbocycles. The van der Waals surface area contributed by atoms with Crippen LogP contribution in [0.2, 0.25) is 0 Å². The van der Waals surface area contributed by atoms with Crippen LogP contribution >= 0.6 is 0 Å². The van der Waals surface area contributed by atoms with Crippen LogP contribution in [0.15, 0.2) is 42.5 Å². The molecule has 0 saturated heterocycles. The van der Waals surface area contributed by atoms with Crippen molar-refractivity contribution in [2.24, 2.45) is 0 Å². The summed E-state index contributed by atoms with van der Waals surface area (Å²) in [6, 6.07) is 12.8. The minimum atomic E-state index is -0.567. The van der Waals surface area contributed by atoms with Crippen molar-refractivity contribution in [1.29, 1.82) is 0 Å². The quantitative estimate of drug-likeness (QED) is 0.561. The second kappa shape index (κ2) is 8.61. The van der Waals surface area contributed by atoms with E-state index in [0.29, 0.717) is 24.3 Å². The van der Waals surface area contributed by atoms with Gasteiger partial charge < -0.3 is 20.1 Å². The molecule has 2 aliphatic rings. The third-order valence-corrected chi connectivity index (χ3v) is 5.50. The maximum Gasteiger partial charge on any atom is 0.226 e. The van der Waals surface area contributed by atoms with Crippen molar-refractivity contribution >= 4 is 12.0 Å². The van der Waals surface area contributed by atoms with Gasteiger partial charge in [-0.15, -0.1) is 0 Å². The summed E-state index contributed by atoms with van der Waals surface area (Å²) < 4.78 is 24.1. The Morgan fingerprint density at radius 1 is 1.14 bits per heavy atom. The standard InChI is InChI=1S/C22H25FN2O3/c23-17-4-8-19(9-5-17)27-12-11-24-18-6-1-15(2-7-18)16-3-10-20-21(13-16)28-22(14-26)25-20/h3-5,8-10,13-15,18,22,24-25H,1-2,6-7,11-12H2. The number of fused-ring (bicyclic) bond motifs is 1. The molecule has 28 heavy (non-hydrogen) atoms. The lowest BCUT2D eigenvalue weighted by Crippen LogP contribution is -2.35. The topological polar surface area (TPSA) is 59.6 Å². The van der Waals surface area contributed by atoms with Crippen LogP contribution in [0.3, 0.4) is 0 Å². The van der Waals surface area contributed by atoms with Gasteiger partial charge in [0, 0.05) is 12.6 Å². The highest BCUT2D eigenvalue weighted by molar-refractivity contribution is 5.71. The van der Waals surface area contributed by atoms with Crippen molar-refractivity contribution < 1.29 is 18.7 Å². The summed E-state index contributed by atoms with van der Waals surface area (Å²) in [5.74, 6) is 1.74. The van der Waals surface area contributed by atoms with Crippen LogP contribution in [0.4, 0.5) is 10.1 Å². The van der Waals surface area contributed by atoms with E-state index in [4.69, 9.17) is 9.47 Å². The van der Waals surface area contributed by atoms with Crippen LogP contribution in [-0.2, 0) is 4.79 Å². The Labute approximate surface area is 164 Å². The fourth-order valence-corrected chi connectivity index (χ4v) is 3.98. The first-order chi connectivity index (χ1) is 13.7. The normalized spacial score (nSPS) is 23.4. The van der Waals surface area contributed by atoms with Crippen LogP contribution in [0.1, 0.15) is 37.2 Å². The van der Waals surface area contributed by atoms with Gasteiger partial charge in [-0.1, -0.05) is 6.07 Å². The van der Waals surface area contributed by atoms with E-state index in [2.05, 4.69) is 22.8 Å². The number of halogens is 1. The molecule has 1 atom stereocenters. The molecule has 148 valence electrons. The summed E-state index contributed by atoms with van der Waals surface area (Å²) in [5.41, 5.74) is 2.17. The Hall–Kier alpha value is -2.60. The fourth-order valence-electron chi connectivity index (χ4n) is 3.98. The third-order valence-electron chi connectivity index (χ3n) is 5.50. The number of hydrogen-bond acceptors (Lipinski definition) is 5. The molecule has 0 amide bonds. The Morgan fingerprint density at radius 3 is 2.68 bits per heavy atom. The fraction of sp³-hybridized carbons (Fsp3) is 0.409. The first-order valence-corrected chi connectivity index (χ1v) is 9.85. The lowest BCUT2D eigenvalue weighted by atomic mass is 9.81. The molecule has 4 rings (SSSR count). The number of benzene rings is 2. The van der Waals surface area contributed by atoms with Gasteiger partial charge >= 0.3 is 0 Å². The van der Waals surface area contributed by atoms with Crippen molar-refractivity contribution in [3.05, 3.63) is 53.8 Å². The highest BCUT2D eigenvalue weighted by Gasteiger charge is 2.25. The average molecular weight is 384 g/mol. The number of anilines is 1. The molecule has 2 aromatic rings. The molecule has 1 heterocycles. The van der Waals surface area contributed by atoms with E-state index in [-0.39, 0.29) is 5.82 Å². The van der Waals surface area contributed by atoms with E-state index in [0.717, 1.165) is 50.0 Å². The zero-order valence-corrected chi connectivity index (χ0v) is 15.7. The summed E-state index contributed by atoms with van der Waals surface area (Å²) in [5, 5.41) is 6.59. The molecule has 1 aliphatic heterocycles. The molecule has 1 unspecified atom stereocenters. The van der Waals surface area contributed by atoms with Gasteiger partial charge in [-0.25, -0.2) is 4.39 Å². The molecule has 0 radical (unpaired) electrons. The molecular weight excluding hydrogens is 359 g/mol. The number of carbonyl (C=O) groups is 1. The minimum Gasteiger partial charge on any atom is -0.492 e. The number of aldehydes is 1. The number of ether oxygens (including phenoxy) is 2. The molecule has 6 heteroatoms. The Bertz CT molecular complexity index is 804. The molecule has 1 fully saturated rings. The molecule has 0 bridgehead atoms. The molecule has 5 nitrogen and oxygen atoms in total. The molecule has 0 spiro atoms. The zero-order chi connectivity index (χ0) is 19.3. The summed E-state index contributed by atoms with van der Waals surface area (Å²) in [7, 11) is 0. The summed E-state index contributed by atoms with van der Waals surface area (Å²) in [4.78, 5) is 10.9. The van der Waals surface area contributed by atoms with Gasteiger partial charge in [-0.05, 0) is 73.6 Å². The zero-order valence-electron chi connectivity index (χ0n) is 15.7. The second-order valence-electron chi connectivity index (χ2n) is 7.38. The van der Waals surface area contributed by atoms with Crippen molar-refractivity contribution in [2.45, 2.75) is 43.9 Å². The number of hydrogen-bond donors (Lipinski definition) is 2. The minimum absolute atomic E-state index is 0.253. The van der Waals surface area contributed by atoms with E-state index in [1.54, 1.807) is 12.1 Å². The molecule has 2 aromatic carbocycles. The summed E-state index contributed by atoms with van der Waals surface area (Å²) >= 11 is 0. The predicted octanol–water partition coefficient (Wildman–Crippen LogP) is 3.85. The van der Waals surface area contributed by atoms with Crippen LogP contribution in [0.25, 0.3) is 0 Å². The van der Waals surface area contributed by atoms with Crippen molar-refractivity contribution in [3.8, 4) is 11.5 Å². The van der Waals surface area contributed by atoms with Gasteiger partial charge in [0.05, 0.1) is 5.69 Å². The highest BCUT2D eigenvalue weighted by Crippen LogP contribution is 2.38.